The van der Waals surface area contributed by atoms with E-state index in [1.165, 1.54) is 11.3 Å². The van der Waals surface area contributed by atoms with E-state index >= 15 is 0 Å². The molecule has 0 heterocycles. The zero-order valence-corrected chi connectivity index (χ0v) is 15.0. The minimum atomic E-state index is 0.414. The van der Waals surface area contributed by atoms with Crippen LogP contribution < -0.4 is 15.5 Å². The summed E-state index contributed by atoms with van der Waals surface area (Å²) in [4.78, 5) is 6.79. The molecule has 1 unspecified atom stereocenters. The lowest BCUT2D eigenvalue weighted by Gasteiger charge is -2.20. The normalized spacial score (nSPS) is 13.1. The van der Waals surface area contributed by atoms with E-state index < -0.39 is 0 Å². The molecule has 2 N–H and O–H groups in total. The molecule has 0 bridgehead atoms. The Balaban J connectivity index is 2.55. The maximum Gasteiger partial charge on any atom is 0.191 e. The fraction of sp³-hybridized carbons (Fsp3) is 0.611. The third kappa shape index (κ3) is 6.37. The average molecular weight is 304 g/mol. The van der Waals surface area contributed by atoms with Crippen molar-refractivity contribution in [1.82, 2.24) is 10.6 Å². The van der Waals surface area contributed by atoms with E-state index in [2.05, 4.69) is 86.6 Å². The summed E-state index contributed by atoms with van der Waals surface area (Å²) in [6.07, 6.45) is 0.959. The van der Waals surface area contributed by atoms with Crippen molar-refractivity contribution in [2.45, 2.75) is 40.2 Å². The third-order valence-electron chi connectivity index (χ3n) is 3.83. The predicted molar refractivity (Wildman–Crippen MR) is 97.9 cm³/mol. The smallest absolute Gasteiger partial charge is 0.191 e. The van der Waals surface area contributed by atoms with Gasteiger partial charge < -0.3 is 15.5 Å². The molecule has 4 heteroatoms. The Labute approximate surface area is 136 Å². The van der Waals surface area contributed by atoms with Crippen molar-refractivity contribution in [3.05, 3.63) is 29.8 Å². The molecule has 1 aromatic rings. The molecule has 1 aromatic carbocycles. The van der Waals surface area contributed by atoms with Gasteiger partial charge in [-0.05, 0) is 43.9 Å². The summed E-state index contributed by atoms with van der Waals surface area (Å²) in [6.45, 7) is 10.4. The van der Waals surface area contributed by atoms with Crippen molar-refractivity contribution in [1.29, 1.82) is 0 Å². The van der Waals surface area contributed by atoms with Gasteiger partial charge in [-0.3, -0.25) is 4.99 Å². The maximum absolute atomic E-state index is 4.67. The molecule has 1 atom stereocenters. The van der Waals surface area contributed by atoms with Crippen LogP contribution in [-0.4, -0.2) is 39.2 Å². The van der Waals surface area contributed by atoms with E-state index in [4.69, 9.17) is 0 Å². The summed E-state index contributed by atoms with van der Waals surface area (Å²) in [6, 6.07) is 9.09. The zero-order chi connectivity index (χ0) is 16.5. The van der Waals surface area contributed by atoms with E-state index in [-0.39, 0.29) is 0 Å². The molecular weight excluding hydrogens is 272 g/mol. The molecule has 0 aliphatic rings. The van der Waals surface area contributed by atoms with Gasteiger partial charge in [0.25, 0.3) is 0 Å². The van der Waals surface area contributed by atoms with Crippen LogP contribution in [0.1, 0.15) is 33.3 Å². The van der Waals surface area contributed by atoms with Crippen LogP contribution in [0.4, 0.5) is 5.69 Å². The third-order valence-corrected chi connectivity index (χ3v) is 3.83. The molecule has 0 radical (unpaired) electrons. The number of hydrogen-bond donors (Lipinski definition) is 2. The number of anilines is 1. The minimum Gasteiger partial charge on any atom is -0.378 e. The van der Waals surface area contributed by atoms with Crippen LogP contribution >= 0.6 is 0 Å². The summed E-state index contributed by atoms with van der Waals surface area (Å²) in [7, 11) is 4.12. The lowest BCUT2D eigenvalue weighted by atomic mass is 10.1. The Hall–Kier alpha value is -1.71. The molecule has 124 valence electrons. The van der Waals surface area contributed by atoms with Crippen molar-refractivity contribution in [2.75, 3.05) is 32.1 Å². The van der Waals surface area contributed by atoms with Crippen LogP contribution in [-0.2, 0) is 6.42 Å². The van der Waals surface area contributed by atoms with Crippen molar-refractivity contribution < 1.29 is 0 Å². The lowest BCUT2D eigenvalue weighted by molar-refractivity contribution is 0.481. The van der Waals surface area contributed by atoms with Crippen LogP contribution in [0.25, 0.3) is 0 Å². The molecule has 0 saturated heterocycles. The lowest BCUT2D eigenvalue weighted by Crippen LogP contribution is -2.44. The number of rotatable bonds is 7. The van der Waals surface area contributed by atoms with Crippen LogP contribution in [0.3, 0.4) is 0 Å². The van der Waals surface area contributed by atoms with Crippen molar-refractivity contribution >= 4 is 11.6 Å². The monoisotopic (exact) mass is 304 g/mol. The number of nitrogens with one attached hydrogen (secondary N) is 2. The van der Waals surface area contributed by atoms with Crippen LogP contribution in [0.2, 0.25) is 0 Å². The molecule has 0 spiro atoms. The largest absolute Gasteiger partial charge is 0.378 e. The minimum absolute atomic E-state index is 0.414. The number of nitrogens with zero attached hydrogens (tertiary/aromatic N) is 2. The van der Waals surface area contributed by atoms with E-state index in [1.54, 1.807) is 0 Å². The Morgan fingerprint density at radius 3 is 2.27 bits per heavy atom. The molecule has 4 nitrogen and oxygen atoms in total. The Morgan fingerprint density at radius 1 is 1.14 bits per heavy atom. The first-order valence-electron chi connectivity index (χ1n) is 8.25. The first-order valence-corrected chi connectivity index (χ1v) is 8.25. The van der Waals surface area contributed by atoms with Gasteiger partial charge in [0.1, 0.15) is 0 Å². The van der Waals surface area contributed by atoms with Crippen LogP contribution in [0.15, 0.2) is 29.3 Å². The van der Waals surface area contributed by atoms with E-state index in [1.807, 2.05) is 0 Å². The molecular formula is C18H32N4. The van der Waals surface area contributed by atoms with Crippen molar-refractivity contribution in [3.8, 4) is 0 Å². The van der Waals surface area contributed by atoms with Gasteiger partial charge in [-0.1, -0.05) is 26.0 Å². The Bertz CT molecular complexity index is 449. The zero-order valence-electron chi connectivity index (χ0n) is 15.0. The first kappa shape index (κ1) is 18.3. The van der Waals surface area contributed by atoms with Gasteiger partial charge in [0.05, 0.1) is 0 Å². The predicted octanol–water partition coefficient (Wildman–Crippen LogP) is 2.89. The fourth-order valence-electron chi connectivity index (χ4n) is 1.96. The van der Waals surface area contributed by atoms with Gasteiger partial charge >= 0.3 is 0 Å². The molecule has 0 saturated carbocycles. The summed E-state index contributed by atoms with van der Waals surface area (Å²) < 4.78 is 0. The number of aliphatic imine (C=N–C) groups is 1. The summed E-state index contributed by atoms with van der Waals surface area (Å²) in [5.74, 6) is 1.50. The molecule has 22 heavy (non-hydrogen) atoms. The molecule has 0 aliphatic carbocycles. The van der Waals surface area contributed by atoms with E-state index in [9.17, 15) is 0 Å². The van der Waals surface area contributed by atoms with E-state index in [0.717, 1.165) is 25.5 Å². The highest BCUT2D eigenvalue weighted by Gasteiger charge is 2.08. The topological polar surface area (TPSA) is 39.7 Å². The highest BCUT2D eigenvalue weighted by molar-refractivity contribution is 5.80. The van der Waals surface area contributed by atoms with Gasteiger partial charge in [0, 0.05) is 38.9 Å². The fourth-order valence-corrected chi connectivity index (χ4v) is 1.96. The highest BCUT2D eigenvalue weighted by Crippen LogP contribution is 2.12. The summed E-state index contributed by atoms with van der Waals surface area (Å²) in [5, 5.41) is 6.77. The van der Waals surface area contributed by atoms with Crippen LogP contribution in [0, 0.1) is 5.92 Å². The van der Waals surface area contributed by atoms with Gasteiger partial charge in [-0.15, -0.1) is 0 Å². The maximum atomic E-state index is 4.67. The van der Waals surface area contributed by atoms with Crippen molar-refractivity contribution in [3.63, 3.8) is 0 Å². The van der Waals surface area contributed by atoms with Crippen molar-refractivity contribution in [2.24, 2.45) is 10.9 Å². The second kappa shape index (κ2) is 9.34. The van der Waals surface area contributed by atoms with Gasteiger partial charge in [-0.2, -0.15) is 0 Å². The van der Waals surface area contributed by atoms with Gasteiger partial charge in [0.2, 0.25) is 0 Å². The summed E-state index contributed by atoms with van der Waals surface area (Å²) in [5.41, 5.74) is 2.55. The second-order valence-electron chi connectivity index (χ2n) is 6.25. The molecule has 1 rings (SSSR count). The Kier molecular flexibility index (Phi) is 7.78. The molecule has 0 aliphatic heterocycles. The SMILES string of the molecule is CCNC(=NCCc1ccc(N(C)C)cc1)NC(C)C(C)C. The summed E-state index contributed by atoms with van der Waals surface area (Å²) >= 11 is 0. The molecule has 0 fully saturated rings. The van der Waals surface area contributed by atoms with E-state index in [0.29, 0.717) is 12.0 Å². The molecule has 0 amide bonds. The van der Waals surface area contributed by atoms with Crippen LogP contribution in [0.5, 0.6) is 0 Å². The average Bonchev–Trinajstić information content (AvgIpc) is 2.47. The number of benzene rings is 1. The second-order valence-corrected chi connectivity index (χ2v) is 6.25. The van der Waals surface area contributed by atoms with Gasteiger partial charge in [-0.25, -0.2) is 0 Å². The highest BCUT2D eigenvalue weighted by atomic mass is 15.2. The molecule has 0 aromatic heterocycles. The standard InChI is InChI=1S/C18H32N4/c1-7-19-18(21-15(4)14(2)3)20-13-12-16-8-10-17(11-9-16)22(5)6/h8-11,14-15H,7,12-13H2,1-6H3,(H2,19,20,21). The first-order chi connectivity index (χ1) is 10.4. The quantitative estimate of drug-likeness (QED) is 0.601. The van der Waals surface area contributed by atoms with Gasteiger partial charge in [0.15, 0.2) is 5.96 Å². The Morgan fingerprint density at radius 2 is 1.77 bits per heavy atom. The number of guanidine groups is 1. The number of hydrogen-bond acceptors (Lipinski definition) is 2.